The highest BCUT2D eigenvalue weighted by atomic mass is 35.5. The summed E-state index contributed by atoms with van der Waals surface area (Å²) in [5.74, 6) is 0. The maximum atomic E-state index is 12.1. The molecule has 1 heterocycles. The molecular weight excluding hydrogens is 286 g/mol. The number of rotatable bonds is 2. The molecule has 1 fully saturated rings. The molecule has 116 valence electrons. The first-order valence-electron chi connectivity index (χ1n) is 7.39. The van der Waals surface area contributed by atoms with E-state index >= 15 is 0 Å². The van der Waals surface area contributed by atoms with Crippen LogP contribution in [0.4, 0.5) is 10.5 Å². The SMILES string of the molecule is CC(C)(C)CNC(=O)N1CCN(c2ccccc2Cl)CC1. The van der Waals surface area contributed by atoms with Crippen molar-refractivity contribution in [1.82, 2.24) is 10.2 Å². The lowest BCUT2D eigenvalue weighted by atomic mass is 9.97. The highest BCUT2D eigenvalue weighted by molar-refractivity contribution is 6.33. The summed E-state index contributed by atoms with van der Waals surface area (Å²) >= 11 is 6.22. The summed E-state index contributed by atoms with van der Waals surface area (Å²) in [7, 11) is 0. The van der Waals surface area contributed by atoms with E-state index in [4.69, 9.17) is 11.6 Å². The minimum Gasteiger partial charge on any atom is -0.367 e. The third kappa shape index (κ3) is 4.53. The summed E-state index contributed by atoms with van der Waals surface area (Å²) < 4.78 is 0. The van der Waals surface area contributed by atoms with Gasteiger partial charge in [0.2, 0.25) is 0 Å². The second-order valence-corrected chi connectivity index (χ2v) is 7.05. The molecule has 0 radical (unpaired) electrons. The molecule has 2 amide bonds. The van der Waals surface area contributed by atoms with Crippen LogP contribution in [0.1, 0.15) is 20.8 Å². The normalized spacial score (nSPS) is 16.0. The van der Waals surface area contributed by atoms with Gasteiger partial charge < -0.3 is 15.1 Å². The highest BCUT2D eigenvalue weighted by Gasteiger charge is 2.23. The van der Waals surface area contributed by atoms with Crippen molar-refractivity contribution in [2.24, 2.45) is 5.41 Å². The van der Waals surface area contributed by atoms with E-state index < -0.39 is 0 Å². The van der Waals surface area contributed by atoms with Gasteiger partial charge in [-0.25, -0.2) is 4.79 Å². The molecule has 1 N–H and O–H groups in total. The molecule has 2 rings (SSSR count). The fourth-order valence-corrected chi connectivity index (χ4v) is 2.57. The van der Waals surface area contributed by atoms with Crippen LogP contribution in [0.3, 0.4) is 0 Å². The van der Waals surface area contributed by atoms with Crippen LogP contribution in [0.15, 0.2) is 24.3 Å². The predicted octanol–water partition coefficient (Wildman–Crippen LogP) is 3.22. The van der Waals surface area contributed by atoms with Crippen LogP contribution < -0.4 is 10.2 Å². The van der Waals surface area contributed by atoms with Gasteiger partial charge in [0.25, 0.3) is 0 Å². The van der Waals surface area contributed by atoms with Crippen LogP contribution >= 0.6 is 11.6 Å². The summed E-state index contributed by atoms with van der Waals surface area (Å²) in [5, 5.41) is 3.77. The van der Waals surface area contributed by atoms with E-state index in [1.165, 1.54) is 0 Å². The van der Waals surface area contributed by atoms with Crippen molar-refractivity contribution >= 4 is 23.3 Å². The number of carbonyl (C=O) groups is 1. The molecule has 0 aliphatic carbocycles. The summed E-state index contributed by atoms with van der Waals surface area (Å²) in [6, 6.07) is 7.88. The summed E-state index contributed by atoms with van der Waals surface area (Å²) in [6.07, 6.45) is 0. The topological polar surface area (TPSA) is 35.6 Å². The number of hydrogen-bond acceptors (Lipinski definition) is 2. The first-order chi connectivity index (χ1) is 9.87. The molecule has 5 heteroatoms. The lowest BCUT2D eigenvalue weighted by molar-refractivity contribution is 0.189. The number of halogens is 1. The van der Waals surface area contributed by atoms with Gasteiger partial charge in [0.1, 0.15) is 0 Å². The number of nitrogens with one attached hydrogen (secondary N) is 1. The molecule has 0 unspecified atom stereocenters. The maximum Gasteiger partial charge on any atom is 0.317 e. The fraction of sp³-hybridized carbons (Fsp3) is 0.562. The summed E-state index contributed by atoms with van der Waals surface area (Å²) in [5.41, 5.74) is 1.16. The average molecular weight is 310 g/mol. The van der Waals surface area contributed by atoms with Crippen molar-refractivity contribution in [3.05, 3.63) is 29.3 Å². The van der Waals surface area contributed by atoms with Gasteiger partial charge in [-0.1, -0.05) is 44.5 Å². The molecule has 0 saturated carbocycles. The largest absolute Gasteiger partial charge is 0.367 e. The number of carbonyl (C=O) groups excluding carboxylic acids is 1. The Bertz CT molecular complexity index is 491. The smallest absolute Gasteiger partial charge is 0.317 e. The van der Waals surface area contributed by atoms with E-state index in [1.807, 2.05) is 29.2 Å². The molecule has 0 aromatic heterocycles. The van der Waals surface area contributed by atoms with Crippen LogP contribution in [0.2, 0.25) is 5.02 Å². The summed E-state index contributed by atoms with van der Waals surface area (Å²) in [6.45, 7) is 10.1. The Morgan fingerprint density at radius 1 is 1.19 bits per heavy atom. The number of amides is 2. The van der Waals surface area contributed by atoms with Crippen molar-refractivity contribution in [2.75, 3.05) is 37.6 Å². The molecule has 1 aromatic rings. The van der Waals surface area contributed by atoms with Crippen LogP contribution in [-0.2, 0) is 0 Å². The van der Waals surface area contributed by atoms with Gasteiger partial charge in [-0.3, -0.25) is 0 Å². The average Bonchev–Trinajstić information content (AvgIpc) is 2.45. The van der Waals surface area contributed by atoms with Crippen molar-refractivity contribution in [3.8, 4) is 0 Å². The van der Waals surface area contributed by atoms with Crippen LogP contribution in [0, 0.1) is 5.41 Å². The predicted molar refractivity (Wildman–Crippen MR) is 88.1 cm³/mol. The quantitative estimate of drug-likeness (QED) is 0.910. The van der Waals surface area contributed by atoms with Crippen molar-refractivity contribution in [3.63, 3.8) is 0 Å². The Morgan fingerprint density at radius 3 is 2.38 bits per heavy atom. The number of hydrogen-bond donors (Lipinski definition) is 1. The van der Waals surface area contributed by atoms with E-state index in [0.29, 0.717) is 6.54 Å². The monoisotopic (exact) mass is 309 g/mol. The fourth-order valence-electron chi connectivity index (χ4n) is 2.31. The van der Waals surface area contributed by atoms with Gasteiger partial charge in [-0.05, 0) is 17.5 Å². The number of urea groups is 1. The third-order valence-corrected chi connectivity index (χ3v) is 3.85. The van der Waals surface area contributed by atoms with Gasteiger partial charge in [0.05, 0.1) is 10.7 Å². The Hall–Kier alpha value is -1.42. The van der Waals surface area contributed by atoms with Gasteiger partial charge in [-0.2, -0.15) is 0 Å². The van der Waals surface area contributed by atoms with E-state index in [0.717, 1.165) is 36.9 Å². The highest BCUT2D eigenvalue weighted by Crippen LogP contribution is 2.26. The number of nitrogens with zero attached hydrogens (tertiary/aromatic N) is 2. The number of anilines is 1. The zero-order chi connectivity index (χ0) is 15.5. The molecular formula is C16H24ClN3O. The van der Waals surface area contributed by atoms with Gasteiger partial charge >= 0.3 is 6.03 Å². The second-order valence-electron chi connectivity index (χ2n) is 6.64. The molecule has 21 heavy (non-hydrogen) atoms. The first kappa shape index (κ1) is 16.0. The van der Waals surface area contributed by atoms with Crippen molar-refractivity contribution in [1.29, 1.82) is 0 Å². The molecule has 1 aromatic carbocycles. The van der Waals surface area contributed by atoms with Crippen LogP contribution in [0.5, 0.6) is 0 Å². The molecule has 4 nitrogen and oxygen atoms in total. The Labute approximate surface area is 132 Å². The first-order valence-corrected chi connectivity index (χ1v) is 7.77. The maximum absolute atomic E-state index is 12.1. The van der Waals surface area contributed by atoms with E-state index in [9.17, 15) is 4.79 Å². The van der Waals surface area contributed by atoms with E-state index in [1.54, 1.807) is 0 Å². The standard InChI is InChI=1S/C16H24ClN3O/c1-16(2,3)12-18-15(21)20-10-8-19(9-11-20)14-7-5-4-6-13(14)17/h4-7H,8-12H2,1-3H3,(H,18,21). The van der Waals surface area contributed by atoms with Crippen molar-refractivity contribution in [2.45, 2.75) is 20.8 Å². The number of para-hydroxylation sites is 1. The third-order valence-electron chi connectivity index (χ3n) is 3.53. The molecule has 0 bridgehead atoms. The minimum atomic E-state index is 0.0312. The number of benzene rings is 1. The van der Waals surface area contributed by atoms with E-state index in [-0.39, 0.29) is 11.4 Å². The zero-order valence-corrected chi connectivity index (χ0v) is 13.8. The Morgan fingerprint density at radius 2 is 1.81 bits per heavy atom. The molecule has 1 aliphatic heterocycles. The van der Waals surface area contributed by atoms with Gasteiger partial charge in [-0.15, -0.1) is 0 Å². The van der Waals surface area contributed by atoms with Gasteiger partial charge in [0, 0.05) is 32.7 Å². The second kappa shape index (κ2) is 6.56. The zero-order valence-electron chi connectivity index (χ0n) is 13.0. The molecule has 0 spiro atoms. The molecule has 1 aliphatic rings. The lowest BCUT2D eigenvalue weighted by Crippen LogP contribution is -2.52. The van der Waals surface area contributed by atoms with Gasteiger partial charge in [0.15, 0.2) is 0 Å². The van der Waals surface area contributed by atoms with E-state index in [2.05, 4.69) is 31.0 Å². The Balaban J connectivity index is 1.86. The molecule has 1 saturated heterocycles. The minimum absolute atomic E-state index is 0.0312. The van der Waals surface area contributed by atoms with Crippen LogP contribution in [0.25, 0.3) is 0 Å². The Kier molecular flexibility index (Phi) is 4.99. The van der Waals surface area contributed by atoms with Crippen LogP contribution in [-0.4, -0.2) is 43.7 Å². The number of piperazine rings is 1. The molecule has 0 atom stereocenters. The lowest BCUT2D eigenvalue weighted by Gasteiger charge is -2.36. The summed E-state index contributed by atoms with van der Waals surface area (Å²) in [4.78, 5) is 16.2. The van der Waals surface area contributed by atoms with Crippen molar-refractivity contribution < 1.29 is 4.79 Å².